The van der Waals surface area contributed by atoms with Crippen LogP contribution in [0.5, 0.6) is 0 Å². The molecule has 0 aromatic heterocycles. The van der Waals surface area contributed by atoms with Crippen LogP contribution in [-0.4, -0.2) is 36.7 Å². The van der Waals surface area contributed by atoms with Crippen molar-refractivity contribution < 1.29 is 19.4 Å². The van der Waals surface area contributed by atoms with Crippen molar-refractivity contribution in [2.75, 3.05) is 19.8 Å². The number of rotatable bonds is 7. The summed E-state index contributed by atoms with van der Waals surface area (Å²) < 4.78 is 5.30. The van der Waals surface area contributed by atoms with E-state index in [4.69, 9.17) is 9.84 Å². The molecule has 2 aliphatic rings. The van der Waals surface area contributed by atoms with E-state index in [1.807, 2.05) is 0 Å². The number of aliphatic carboxylic acids is 1. The molecular weight excluding hydrogens is 258 g/mol. The van der Waals surface area contributed by atoms with Gasteiger partial charge in [0.05, 0.1) is 6.42 Å². The van der Waals surface area contributed by atoms with E-state index in [0.29, 0.717) is 18.9 Å². The maximum Gasteiger partial charge on any atom is 0.303 e. The van der Waals surface area contributed by atoms with Gasteiger partial charge in [-0.05, 0) is 37.0 Å². The first-order valence-electron chi connectivity index (χ1n) is 7.66. The smallest absolute Gasteiger partial charge is 0.303 e. The van der Waals surface area contributed by atoms with E-state index in [-0.39, 0.29) is 17.7 Å². The Morgan fingerprint density at radius 3 is 2.60 bits per heavy atom. The van der Waals surface area contributed by atoms with Crippen LogP contribution in [0.1, 0.15) is 51.4 Å². The van der Waals surface area contributed by atoms with E-state index in [1.165, 1.54) is 0 Å². The lowest BCUT2D eigenvalue weighted by Crippen LogP contribution is -2.33. The molecular formula is C15H25NO4. The number of carbonyl (C=O) groups excluding carboxylic acids is 1. The van der Waals surface area contributed by atoms with Gasteiger partial charge in [0, 0.05) is 26.2 Å². The lowest BCUT2D eigenvalue weighted by molar-refractivity contribution is -0.140. The van der Waals surface area contributed by atoms with E-state index >= 15 is 0 Å². The SMILES string of the molecule is O=C(O)CC1(CC(=O)NCCC2CCOC2)CCCC1. The van der Waals surface area contributed by atoms with Crippen LogP contribution >= 0.6 is 0 Å². The standard InChI is InChI=1S/C15H25NO4/c17-13(16-7-3-12-4-8-20-11-12)9-15(10-14(18)19)5-1-2-6-15/h12H,1-11H2,(H,16,17)(H,18,19). The number of hydrogen-bond donors (Lipinski definition) is 2. The number of carboxylic acids is 1. The first-order chi connectivity index (χ1) is 9.60. The highest BCUT2D eigenvalue weighted by Gasteiger charge is 2.37. The van der Waals surface area contributed by atoms with Crippen LogP contribution in [-0.2, 0) is 14.3 Å². The summed E-state index contributed by atoms with van der Waals surface area (Å²) in [5.74, 6) is -0.218. The van der Waals surface area contributed by atoms with Crippen LogP contribution in [0.3, 0.4) is 0 Å². The highest BCUT2D eigenvalue weighted by atomic mass is 16.5. The Labute approximate surface area is 120 Å². The first-order valence-corrected chi connectivity index (χ1v) is 7.66. The van der Waals surface area contributed by atoms with Crippen LogP contribution in [0.25, 0.3) is 0 Å². The summed E-state index contributed by atoms with van der Waals surface area (Å²) in [5.41, 5.74) is -0.299. The van der Waals surface area contributed by atoms with Gasteiger partial charge in [-0.3, -0.25) is 9.59 Å². The Morgan fingerprint density at radius 2 is 2.00 bits per heavy atom. The quantitative estimate of drug-likeness (QED) is 0.749. The van der Waals surface area contributed by atoms with Gasteiger partial charge < -0.3 is 15.2 Å². The number of amides is 1. The molecule has 1 aliphatic heterocycles. The van der Waals surface area contributed by atoms with E-state index in [1.54, 1.807) is 0 Å². The van der Waals surface area contributed by atoms with Crippen molar-refractivity contribution in [2.24, 2.45) is 11.3 Å². The van der Waals surface area contributed by atoms with Crippen LogP contribution in [0, 0.1) is 11.3 Å². The fraction of sp³-hybridized carbons (Fsp3) is 0.867. The molecule has 0 spiro atoms. The predicted octanol–water partition coefficient (Wildman–Crippen LogP) is 1.95. The maximum absolute atomic E-state index is 12.0. The Bertz CT molecular complexity index is 344. The minimum absolute atomic E-state index is 0.00654. The second kappa shape index (κ2) is 7.07. The van der Waals surface area contributed by atoms with Crippen molar-refractivity contribution in [3.05, 3.63) is 0 Å². The summed E-state index contributed by atoms with van der Waals surface area (Å²) in [6, 6.07) is 0. The molecule has 1 aliphatic carbocycles. The average Bonchev–Trinajstić information content (AvgIpc) is 3.00. The summed E-state index contributed by atoms with van der Waals surface area (Å²) >= 11 is 0. The van der Waals surface area contributed by atoms with Gasteiger partial charge in [0.25, 0.3) is 0 Å². The Morgan fingerprint density at radius 1 is 1.25 bits per heavy atom. The van der Waals surface area contributed by atoms with E-state index < -0.39 is 5.97 Å². The molecule has 1 saturated carbocycles. The van der Waals surface area contributed by atoms with Crippen molar-refractivity contribution >= 4 is 11.9 Å². The Hall–Kier alpha value is -1.10. The summed E-state index contributed by atoms with van der Waals surface area (Å²) in [7, 11) is 0. The van der Waals surface area contributed by atoms with Gasteiger partial charge in [-0.2, -0.15) is 0 Å². The molecule has 1 amide bonds. The molecule has 114 valence electrons. The third kappa shape index (κ3) is 4.47. The molecule has 0 aromatic rings. The summed E-state index contributed by atoms with van der Waals surface area (Å²) in [6.45, 7) is 2.31. The first kappa shape index (κ1) is 15.3. The van der Waals surface area contributed by atoms with Gasteiger partial charge in [-0.25, -0.2) is 0 Å². The molecule has 5 heteroatoms. The van der Waals surface area contributed by atoms with Crippen LogP contribution in [0.15, 0.2) is 0 Å². The van der Waals surface area contributed by atoms with Crippen LogP contribution < -0.4 is 5.32 Å². The molecule has 0 aromatic carbocycles. The molecule has 20 heavy (non-hydrogen) atoms. The normalized spacial score (nSPS) is 24.7. The third-order valence-electron chi connectivity index (χ3n) is 4.62. The molecule has 0 radical (unpaired) electrons. The molecule has 5 nitrogen and oxygen atoms in total. The molecule has 0 bridgehead atoms. The molecule has 2 N–H and O–H groups in total. The topological polar surface area (TPSA) is 75.6 Å². The number of carbonyl (C=O) groups is 2. The highest BCUT2D eigenvalue weighted by molar-refractivity contribution is 5.78. The fourth-order valence-electron chi connectivity index (χ4n) is 3.49. The van der Waals surface area contributed by atoms with Gasteiger partial charge in [0.2, 0.25) is 5.91 Å². The zero-order chi connectivity index (χ0) is 14.4. The molecule has 1 atom stereocenters. The van der Waals surface area contributed by atoms with E-state index in [2.05, 4.69) is 5.32 Å². The molecule has 2 fully saturated rings. The lowest BCUT2D eigenvalue weighted by atomic mass is 9.79. The number of nitrogens with one attached hydrogen (secondary N) is 1. The van der Waals surface area contributed by atoms with E-state index in [9.17, 15) is 9.59 Å². The van der Waals surface area contributed by atoms with Gasteiger partial charge in [-0.15, -0.1) is 0 Å². The largest absolute Gasteiger partial charge is 0.481 e. The average molecular weight is 283 g/mol. The number of ether oxygens (including phenoxy) is 1. The second-order valence-electron chi connectivity index (χ2n) is 6.32. The van der Waals surface area contributed by atoms with Crippen molar-refractivity contribution in [1.29, 1.82) is 0 Å². The fourth-order valence-corrected chi connectivity index (χ4v) is 3.49. The van der Waals surface area contributed by atoms with Gasteiger partial charge in [-0.1, -0.05) is 12.8 Å². The van der Waals surface area contributed by atoms with Crippen molar-refractivity contribution in [3.8, 4) is 0 Å². The predicted molar refractivity (Wildman–Crippen MR) is 74.3 cm³/mol. The molecule has 1 saturated heterocycles. The molecule has 1 unspecified atom stereocenters. The summed E-state index contributed by atoms with van der Waals surface area (Å²) in [5, 5.41) is 12.0. The maximum atomic E-state index is 12.0. The number of hydrogen-bond acceptors (Lipinski definition) is 3. The third-order valence-corrected chi connectivity index (χ3v) is 4.62. The van der Waals surface area contributed by atoms with Crippen molar-refractivity contribution in [1.82, 2.24) is 5.32 Å². The van der Waals surface area contributed by atoms with Gasteiger partial charge in [0.1, 0.15) is 0 Å². The molecule has 1 heterocycles. The lowest BCUT2D eigenvalue weighted by Gasteiger charge is -2.26. The summed E-state index contributed by atoms with van der Waals surface area (Å²) in [6.07, 6.45) is 6.33. The van der Waals surface area contributed by atoms with E-state index in [0.717, 1.165) is 51.7 Å². The van der Waals surface area contributed by atoms with Crippen molar-refractivity contribution in [2.45, 2.75) is 51.4 Å². The highest BCUT2D eigenvalue weighted by Crippen LogP contribution is 2.43. The monoisotopic (exact) mass is 283 g/mol. The Kier molecular flexibility index (Phi) is 5.40. The number of carboxylic acid groups (broad SMARTS) is 1. The van der Waals surface area contributed by atoms with Crippen LogP contribution in [0.4, 0.5) is 0 Å². The van der Waals surface area contributed by atoms with Gasteiger partial charge in [0.15, 0.2) is 0 Å². The van der Waals surface area contributed by atoms with Crippen molar-refractivity contribution in [3.63, 3.8) is 0 Å². The second-order valence-corrected chi connectivity index (χ2v) is 6.32. The van der Waals surface area contributed by atoms with Gasteiger partial charge >= 0.3 is 5.97 Å². The Balaban J connectivity index is 1.72. The molecule has 2 rings (SSSR count). The zero-order valence-corrected chi connectivity index (χ0v) is 12.0. The minimum atomic E-state index is -0.789. The van der Waals surface area contributed by atoms with Crippen LogP contribution in [0.2, 0.25) is 0 Å². The zero-order valence-electron chi connectivity index (χ0n) is 12.0. The minimum Gasteiger partial charge on any atom is -0.481 e. The summed E-state index contributed by atoms with van der Waals surface area (Å²) in [4.78, 5) is 23.0.